The average molecular weight is 524 g/mol. The molecule has 0 spiro atoms. The van der Waals surface area contributed by atoms with Crippen LogP contribution in [0.5, 0.6) is 0 Å². The summed E-state index contributed by atoms with van der Waals surface area (Å²) in [6.07, 6.45) is 8.24. The molecule has 0 atom stereocenters. The van der Waals surface area contributed by atoms with Crippen molar-refractivity contribution >= 4 is 28.0 Å². The highest BCUT2D eigenvalue weighted by Gasteiger charge is 2.08. The first-order valence-electron chi connectivity index (χ1n) is 12.0. The Morgan fingerprint density at radius 1 is 0.806 bits per heavy atom. The molecule has 1 aromatic carbocycles. The van der Waals surface area contributed by atoms with Gasteiger partial charge in [-0.15, -0.1) is 0 Å². The molecule has 0 saturated carbocycles. The summed E-state index contributed by atoms with van der Waals surface area (Å²) in [5, 5.41) is 0. The van der Waals surface area contributed by atoms with E-state index in [1.54, 1.807) is 14.2 Å². The Labute approximate surface area is 215 Å². The van der Waals surface area contributed by atoms with E-state index < -0.39 is 10.1 Å². The molecule has 0 saturated heterocycles. The molecule has 0 aliphatic heterocycles. The molecule has 0 aliphatic carbocycles. The van der Waals surface area contributed by atoms with Crippen molar-refractivity contribution in [2.24, 2.45) is 0 Å². The van der Waals surface area contributed by atoms with Gasteiger partial charge >= 0.3 is 0 Å². The number of nitrogens with zero attached hydrogens (tertiary/aromatic N) is 2. The minimum atomic E-state index is -3.92. The molecule has 1 N–H and O–H groups in total. The molecule has 0 aliphatic rings. The SMILES string of the molecule is COCCOCCN(CCOCCOC)c1ccc(/C=C/c2cc[n+](CCCS(=O)(=O)O)cc2)cc1. The van der Waals surface area contributed by atoms with Crippen LogP contribution in [0.25, 0.3) is 12.2 Å². The third-order valence-corrected chi connectivity index (χ3v) is 6.14. The Morgan fingerprint density at radius 3 is 1.83 bits per heavy atom. The van der Waals surface area contributed by atoms with Gasteiger partial charge in [-0.05, 0) is 23.3 Å². The van der Waals surface area contributed by atoms with E-state index >= 15 is 0 Å². The van der Waals surface area contributed by atoms with Crippen LogP contribution in [0.2, 0.25) is 0 Å². The molecule has 1 aromatic heterocycles. The van der Waals surface area contributed by atoms with Gasteiger partial charge in [-0.3, -0.25) is 4.55 Å². The lowest BCUT2D eigenvalue weighted by Gasteiger charge is -2.25. The number of anilines is 1. The highest BCUT2D eigenvalue weighted by Crippen LogP contribution is 2.17. The number of pyridine rings is 1. The third kappa shape index (κ3) is 13.1. The Hall–Kier alpha value is -2.34. The zero-order valence-electron chi connectivity index (χ0n) is 21.3. The Bertz CT molecular complexity index is 966. The molecular weight excluding hydrogens is 484 g/mol. The zero-order chi connectivity index (χ0) is 26.1. The van der Waals surface area contributed by atoms with Crippen molar-refractivity contribution in [1.29, 1.82) is 0 Å². The number of methoxy groups -OCH3 is 2. The van der Waals surface area contributed by atoms with Crippen molar-refractivity contribution in [3.05, 3.63) is 59.9 Å². The highest BCUT2D eigenvalue weighted by molar-refractivity contribution is 7.85. The molecule has 200 valence electrons. The second kappa shape index (κ2) is 17.2. The van der Waals surface area contributed by atoms with Crippen molar-refractivity contribution < 1.29 is 36.5 Å². The largest absolute Gasteiger partial charge is 0.382 e. The zero-order valence-corrected chi connectivity index (χ0v) is 22.1. The molecule has 2 rings (SSSR count). The predicted molar refractivity (Wildman–Crippen MR) is 141 cm³/mol. The van der Waals surface area contributed by atoms with E-state index in [1.165, 1.54) is 0 Å². The van der Waals surface area contributed by atoms with Crippen molar-refractivity contribution in [1.82, 2.24) is 0 Å². The number of aromatic nitrogens is 1. The summed E-state index contributed by atoms with van der Waals surface area (Å²) in [7, 11) is -0.594. The van der Waals surface area contributed by atoms with Crippen molar-refractivity contribution in [3.63, 3.8) is 0 Å². The van der Waals surface area contributed by atoms with Crippen LogP contribution in [-0.2, 0) is 35.6 Å². The highest BCUT2D eigenvalue weighted by atomic mass is 32.2. The van der Waals surface area contributed by atoms with Gasteiger partial charge in [0.05, 0.1) is 45.4 Å². The first kappa shape index (κ1) is 29.9. The molecule has 36 heavy (non-hydrogen) atoms. The van der Waals surface area contributed by atoms with Crippen LogP contribution >= 0.6 is 0 Å². The van der Waals surface area contributed by atoms with Gasteiger partial charge in [0.2, 0.25) is 0 Å². The number of hydrogen-bond donors (Lipinski definition) is 1. The topological polar surface area (TPSA) is 98.4 Å². The Kier molecular flexibility index (Phi) is 14.3. The first-order chi connectivity index (χ1) is 17.4. The molecule has 9 nitrogen and oxygen atoms in total. The van der Waals surface area contributed by atoms with Crippen LogP contribution in [0.3, 0.4) is 0 Å². The summed E-state index contributed by atoms with van der Waals surface area (Å²) in [6, 6.07) is 12.3. The van der Waals surface area contributed by atoms with Gasteiger partial charge in [0.25, 0.3) is 10.1 Å². The summed E-state index contributed by atoms with van der Waals surface area (Å²) >= 11 is 0. The molecular formula is C26H39N2O7S+. The van der Waals surface area contributed by atoms with E-state index in [0.717, 1.165) is 29.9 Å². The van der Waals surface area contributed by atoms with Crippen LogP contribution in [-0.4, -0.2) is 85.7 Å². The monoisotopic (exact) mass is 523 g/mol. The maximum atomic E-state index is 10.8. The number of hydrogen-bond acceptors (Lipinski definition) is 7. The van der Waals surface area contributed by atoms with Gasteiger partial charge < -0.3 is 23.8 Å². The number of ether oxygens (including phenoxy) is 4. The van der Waals surface area contributed by atoms with E-state index in [2.05, 4.69) is 29.2 Å². The Morgan fingerprint density at radius 2 is 1.33 bits per heavy atom. The molecule has 1 heterocycles. The second-order valence-corrected chi connectivity index (χ2v) is 9.70. The van der Waals surface area contributed by atoms with E-state index in [-0.39, 0.29) is 5.75 Å². The fourth-order valence-corrected chi connectivity index (χ4v) is 3.85. The normalized spacial score (nSPS) is 11.9. The van der Waals surface area contributed by atoms with Crippen LogP contribution in [0, 0.1) is 0 Å². The van der Waals surface area contributed by atoms with Crippen LogP contribution < -0.4 is 9.47 Å². The summed E-state index contributed by atoms with van der Waals surface area (Å²) in [5.41, 5.74) is 3.22. The van der Waals surface area contributed by atoms with Gasteiger partial charge in [0, 0.05) is 51.6 Å². The van der Waals surface area contributed by atoms with Gasteiger partial charge in [0.15, 0.2) is 12.4 Å². The summed E-state index contributed by atoms with van der Waals surface area (Å²) < 4.78 is 53.7. The van der Waals surface area contributed by atoms with Crippen LogP contribution in [0.15, 0.2) is 48.8 Å². The minimum absolute atomic E-state index is 0.239. The van der Waals surface area contributed by atoms with E-state index in [0.29, 0.717) is 52.6 Å². The van der Waals surface area contributed by atoms with E-state index in [1.807, 2.05) is 41.2 Å². The average Bonchev–Trinajstić information content (AvgIpc) is 2.86. The lowest BCUT2D eigenvalue weighted by atomic mass is 10.1. The summed E-state index contributed by atoms with van der Waals surface area (Å²) in [6.45, 7) is 5.54. The molecule has 0 unspecified atom stereocenters. The summed E-state index contributed by atoms with van der Waals surface area (Å²) in [4.78, 5) is 2.24. The maximum absolute atomic E-state index is 10.8. The fourth-order valence-electron chi connectivity index (χ4n) is 3.36. The lowest BCUT2D eigenvalue weighted by Crippen LogP contribution is -2.33. The minimum Gasteiger partial charge on any atom is -0.382 e. The molecule has 2 aromatic rings. The third-order valence-electron chi connectivity index (χ3n) is 5.34. The van der Waals surface area contributed by atoms with E-state index in [4.69, 9.17) is 23.5 Å². The first-order valence-corrected chi connectivity index (χ1v) is 13.6. The predicted octanol–water partition coefficient (Wildman–Crippen LogP) is 2.55. The van der Waals surface area contributed by atoms with E-state index in [9.17, 15) is 8.42 Å². The van der Waals surface area contributed by atoms with Crippen molar-refractivity contribution in [2.75, 3.05) is 77.6 Å². The number of aryl methyl sites for hydroxylation is 1. The fraction of sp³-hybridized carbons (Fsp3) is 0.500. The van der Waals surface area contributed by atoms with Crippen molar-refractivity contribution in [3.8, 4) is 0 Å². The quantitative estimate of drug-likeness (QED) is 0.170. The molecule has 0 bridgehead atoms. The van der Waals surface area contributed by atoms with Crippen molar-refractivity contribution in [2.45, 2.75) is 13.0 Å². The molecule has 0 radical (unpaired) electrons. The van der Waals surface area contributed by atoms with Gasteiger partial charge in [0.1, 0.15) is 6.54 Å². The van der Waals surface area contributed by atoms with Crippen LogP contribution in [0.1, 0.15) is 17.5 Å². The number of benzene rings is 1. The second-order valence-electron chi connectivity index (χ2n) is 8.13. The smallest absolute Gasteiger partial charge is 0.265 e. The maximum Gasteiger partial charge on any atom is 0.265 e. The molecule has 0 fully saturated rings. The number of rotatable bonds is 19. The Balaban J connectivity index is 1.91. The molecule has 10 heteroatoms. The molecule has 0 amide bonds. The van der Waals surface area contributed by atoms with Gasteiger partial charge in [-0.2, -0.15) is 8.42 Å². The van der Waals surface area contributed by atoms with Gasteiger partial charge in [-0.25, -0.2) is 4.57 Å². The van der Waals surface area contributed by atoms with Crippen LogP contribution in [0.4, 0.5) is 5.69 Å². The standard InChI is InChI=1S/C26H38N2O7S/c1-32-19-21-34-17-15-28(16-18-35-22-20-33-2)26-8-6-24(7-9-26)4-5-25-10-13-27(14-11-25)12-3-23-36(29,30)31/h4-11,13-14H,3,12,15-23H2,1-2H3/p+1. The lowest BCUT2D eigenvalue weighted by molar-refractivity contribution is -0.696. The van der Waals surface area contributed by atoms with Gasteiger partial charge in [-0.1, -0.05) is 24.3 Å². The summed E-state index contributed by atoms with van der Waals surface area (Å²) in [5.74, 6) is -0.239.